The van der Waals surface area contributed by atoms with Crippen LogP contribution in [0, 0.1) is 10.1 Å². The molecular formula is C20H22N3O3+. The Bertz CT molecular complexity index is 866. The number of hydrogen-bond acceptors (Lipinski definition) is 4. The smallest absolute Gasteiger partial charge is 0.275 e. The van der Waals surface area contributed by atoms with Crippen LogP contribution in [0.3, 0.4) is 0 Å². The first kappa shape index (κ1) is 16.7. The number of amidine groups is 1. The summed E-state index contributed by atoms with van der Waals surface area (Å²) in [7, 11) is 0. The number of non-ortho nitro benzene ring substituents is 1. The van der Waals surface area contributed by atoms with Crippen molar-refractivity contribution in [2.75, 3.05) is 18.0 Å². The number of benzene rings is 2. The molecule has 6 heteroatoms. The molecule has 4 rings (SSSR count). The molecule has 0 aliphatic carbocycles. The quantitative estimate of drug-likeness (QED) is 0.523. The predicted octanol–water partition coefficient (Wildman–Crippen LogP) is 3.25. The van der Waals surface area contributed by atoms with E-state index in [4.69, 9.17) is 0 Å². The van der Waals surface area contributed by atoms with Crippen LogP contribution in [0.1, 0.15) is 31.2 Å². The summed E-state index contributed by atoms with van der Waals surface area (Å²) in [4.78, 5) is 12.8. The van der Waals surface area contributed by atoms with Crippen LogP contribution in [0.4, 0.5) is 11.4 Å². The largest absolute Gasteiger partial charge is 0.346 e. The standard InChI is InChI=1S/C20H22N3O3/c24-20(16-8-7-11-18(14-16)23(25)26)15-21-13-6-2-5-12-19(21)22(20)17-9-3-1-4-10-17/h1,3-4,7-11,14,24H,2,5-6,12-13,15H2/q+1/t20-/m0/s1. The molecule has 0 fully saturated rings. The van der Waals surface area contributed by atoms with E-state index in [-0.39, 0.29) is 5.69 Å². The van der Waals surface area contributed by atoms with Crippen molar-refractivity contribution in [3.63, 3.8) is 0 Å². The minimum atomic E-state index is -1.32. The normalized spacial score (nSPS) is 22.9. The fourth-order valence-corrected chi connectivity index (χ4v) is 4.05. The molecule has 6 nitrogen and oxygen atoms in total. The molecule has 0 radical (unpaired) electrons. The second-order valence-electron chi connectivity index (χ2n) is 6.94. The highest BCUT2D eigenvalue weighted by atomic mass is 16.6. The Labute approximate surface area is 152 Å². The van der Waals surface area contributed by atoms with Crippen molar-refractivity contribution in [3.05, 3.63) is 70.3 Å². The molecular weight excluding hydrogens is 330 g/mol. The van der Waals surface area contributed by atoms with Crippen LogP contribution in [0.15, 0.2) is 54.6 Å². The van der Waals surface area contributed by atoms with Gasteiger partial charge in [-0.15, -0.1) is 0 Å². The highest BCUT2D eigenvalue weighted by Crippen LogP contribution is 2.38. The van der Waals surface area contributed by atoms with Crippen LogP contribution < -0.4 is 4.90 Å². The predicted molar refractivity (Wildman–Crippen MR) is 99.4 cm³/mol. The van der Waals surface area contributed by atoms with Crippen LogP contribution in [-0.4, -0.2) is 33.5 Å². The molecule has 0 unspecified atom stereocenters. The van der Waals surface area contributed by atoms with E-state index in [1.165, 1.54) is 18.6 Å². The maximum atomic E-state index is 11.7. The molecule has 0 bridgehead atoms. The molecule has 2 aliphatic heterocycles. The van der Waals surface area contributed by atoms with Gasteiger partial charge in [0.1, 0.15) is 5.69 Å². The van der Waals surface area contributed by atoms with Gasteiger partial charge in [0, 0.05) is 24.1 Å². The van der Waals surface area contributed by atoms with Crippen LogP contribution in [-0.2, 0) is 5.72 Å². The molecule has 2 heterocycles. The third-order valence-corrected chi connectivity index (χ3v) is 5.27. The monoisotopic (exact) mass is 352 g/mol. The minimum Gasteiger partial charge on any atom is -0.346 e. The van der Waals surface area contributed by atoms with Gasteiger partial charge in [-0.25, -0.2) is 0 Å². The maximum absolute atomic E-state index is 11.7. The number of hydrogen-bond donors (Lipinski definition) is 1. The Balaban J connectivity index is 1.84. The summed E-state index contributed by atoms with van der Waals surface area (Å²) in [6.07, 6.45) is 4.25. The maximum Gasteiger partial charge on any atom is 0.275 e. The molecule has 0 saturated heterocycles. The van der Waals surface area contributed by atoms with Gasteiger partial charge >= 0.3 is 0 Å². The topological polar surface area (TPSA) is 69.6 Å². The lowest BCUT2D eigenvalue weighted by Gasteiger charge is -2.29. The van der Waals surface area contributed by atoms with E-state index in [2.05, 4.69) is 4.58 Å². The van der Waals surface area contributed by atoms with Crippen molar-refractivity contribution in [2.45, 2.75) is 31.4 Å². The van der Waals surface area contributed by atoms with Gasteiger partial charge in [-0.1, -0.05) is 30.3 Å². The number of anilines is 1. The average Bonchev–Trinajstić information content (AvgIpc) is 2.79. The van der Waals surface area contributed by atoms with Gasteiger partial charge in [0.25, 0.3) is 17.2 Å². The van der Waals surface area contributed by atoms with Crippen LogP contribution >= 0.6 is 0 Å². The Kier molecular flexibility index (Phi) is 4.20. The van der Waals surface area contributed by atoms with E-state index in [0.717, 1.165) is 37.3 Å². The Morgan fingerprint density at radius 3 is 2.65 bits per heavy atom. The van der Waals surface area contributed by atoms with E-state index >= 15 is 0 Å². The number of para-hydroxylation sites is 1. The van der Waals surface area contributed by atoms with Crippen LogP contribution in [0.2, 0.25) is 0 Å². The lowest BCUT2D eigenvalue weighted by molar-refractivity contribution is -0.534. The fourth-order valence-electron chi connectivity index (χ4n) is 4.05. The van der Waals surface area contributed by atoms with Gasteiger partial charge in [-0.05, 0) is 31.4 Å². The molecule has 2 aromatic carbocycles. The van der Waals surface area contributed by atoms with Crippen LogP contribution in [0.5, 0.6) is 0 Å². The Hall–Kier alpha value is -2.73. The van der Waals surface area contributed by atoms with Crippen molar-refractivity contribution in [3.8, 4) is 0 Å². The van der Waals surface area contributed by atoms with Gasteiger partial charge < -0.3 is 5.11 Å². The van der Waals surface area contributed by atoms with E-state index in [1.807, 2.05) is 35.2 Å². The van der Waals surface area contributed by atoms with E-state index < -0.39 is 10.6 Å². The van der Waals surface area contributed by atoms with Gasteiger partial charge in [-0.2, -0.15) is 4.90 Å². The minimum absolute atomic E-state index is 0.00368. The van der Waals surface area contributed by atoms with Gasteiger partial charge in [0.2, 0.25) is 0 Å². The van der Waals surface area contributed by atoms with E-state index in [9.17, 15) is 15.2 Å². The summed E-state index contributed by atoms with van der Waals surface area (Å²) in [5.74, 6) is 1.10. The molecule has 134 valence electrons. The Morgan fingerprint density at radius 2 is 1.88 bits per heavy atom. The molecule has 0 saturated carbocycles. The van der Waals surface area contributed by atoms with E-state index in [1.54, 1.807) is 12.1 Å². The fraction of sp³-hybridized carbons (Fsp3) is 0.350. The van der Waals surface area contributed by atoms with Crippen molar-refractivity contribution < 1.29 is 14.6 Å². The average molecular weight is 352 g/mol. The highest BCUT2D eigenvalue weighted by molar-refractivity contribution is 5.97. The first-order valence-corrected chi connectivity index (χ1v) is 9.03. The zero-order valence-corrected chi connectivity index (χ0v) is 14.5. The van der Waals surface area contributed by atoms with Gasteiger partial charge in [-0.3, -0.25) is 14.7 Å². The van der Waals surface area contributed by atoms with Gasteiger partial charge in [0.15, 0.2) is 6.54 Å². The second kappa shape index (κ2) is 6.53. The number of nitro benzene ring substituents is 1. The molecule has 0 amide bonds. The first-order valence-electron chi connectivity index (χ1n) is 9.03. The van der Waals surface area contributed by atoms with Gasteiger partial charge in [0.05, 0.1) is 11.5 Å². The highest BCUT2D eigenvalue weighted by Gasteiger charge is 2.54. The molecule has 1 N–H and O–H groups in total. The molecule has 0 spiro atoms. The summed E-state index contributed by atoms with van der Waals surface area (Å²) in [6, 6.07) is 16.2. The molecule has 0 aromatic heterocycles. The number of nitro groups is 1. The summed E-state index contributed by atoms with van der Waals surface area (Å²) in [5.41, 5.74) is 0.133. The number of rotatable bonds is 3. The summed E-state index contributed by atoms with van der Waals surface area (Å²) < 4.78 is 2.23. The molecule has 2 aromatic rings. The summed E-state index contributed by atoms with van der Waals surface area (Å²) >= 11 is 0. The lowest BCUT2D eigenvalue weighted by atomic mass is 9.99. The van der Waals surface area contributed by atoms with Crippen molar-refractivity contribution in [2.24, 2.45) is 0 Å². The summed E-state index contributed by atoms with van der Waals surface area (Å²) in [6.45, 7) is 1.31. The SMILES string of the molecule is O=[N+]([O-])c1cccc([C@@]2(O)C[N+]3=C(CCCCC3)N2c2ccccc2)c1. The third kappa shape index (κ3) is 2.76. The van der Waals surface area contributed by atoms with Crippen LogP contribution in [0.25, 0.3) is 0 Å². The van der Waals surface area contributed by atoms with Crippen molar-refractivity contribution in [1.82, 2.24) is 0 Å². The molecule has 2 aliphatic rings. The lowest BCUT2D eigenvalue weighted by Crippen LogP contribution is -2.47. The van der Waals surface area contributed by atoms with Crippen molar-refractivity contribution in [1.29, 1.82) is 0 Å². The van der Waals surface area contributed by atoms with Crippen molar-refractivity contribution >= 4 is 17.2 Å². The first-order chi connectivity index (χ1) is 12.6. The summed E-state index contributed by atoms with van der Waals surface area (Å²) in [5, 5.41) is 23.0. The number of nitrogens with zero attached hydrogens (tertiary/aromatic N) is 3. The van der Waals surface area contributed by atoms with E-state index in [0.29, 0.717) is 12.1 Å². The molecule has 26 heavy (non-hydrogen) atoms. The molecule has 1 atom stereocenters. The number of aliphatic hydroxyl groups is 1. The third-order valence-electron chi connectivity index (χ3n) is 5.27. The second-order valence-corrected chi connectivity index (χ2v) is 6.94. The Morgan fingerprint density at radius 1 is 1.08 bits per heavy atom. The zero-order chi connectivity index (χ0) is 18.1. The zero-order valence-electron chi connectivity index (χ0n) is 14.5.